The van der Waals surface area contributed by atoms with Gasteiger partial charge in [0.2, 0.25) is 5.91 Å². The van der Waals surface area contributed by atoms with Crippen LogP contribution in [0.25, 0.3) is 0 Å². The highest BCUT2D eigenvalue weighted by Crippen LogP contribution is 2.29. The lowest BCUT2D eigenvalue weighted by Gasteiger charge is -2.08. The molecule has 22 heavy (non-hydrogen) atoms. The van der Waals surface area contributed by atoms with Crippen molar-refractivity contribution < 1.29 is 19.0 Å². The highest BCUT2D eigenvalue weighted by molar-refractivity contribution is 6.32. The molecular formula is C16H15ClFNO3. The van der Waals surface area contributed by atoms with Crippen molar-refractivity contribution in [2.45, 2.75) is 13.3 Å². The molecule has 0 heterocycles. The number of rotatable bonds is 5. The first-order valence-electron chi connectivity index (χ1n) is 6.69. The molecule has 0 saturated carbocycles. The first kappa shape index (κ1) is 16.1. The monoisotopic (exact) mass is 323 g/mol. The van der Waals surface area contributed by atoms with Crippen LogP contribution in [-0.4, -0.2) is 17.6 Å². The van der Waals surface area contributed by atoms with E-state index in [1.54, 1.807) is 24.3 Å². The van der Waals surface area contributed by atoms with Gasteiger partial charge in [0, 0.05) is 6.07 Å². The smallest absolute Gasteiger partial charge is 0.228 e. The maximum atomic E-state index is 13.6. The Morgan fingerprint density at radius 3 is 2.64 bits per heavy atom. The van der Waals surface area contributed by atoms with Crippen LogP contribution < -0.4 is 10.1 Å². The molecule has 4 nitrogen and oxygen atoms in total. The fourth-order valence-corrected chi connectivity index (χ4v) is 2.05. The lowest BCUT2D eigenvalue weighted by Crippen LogP contribution is -2.15. The number of nitrogens with one attached hydrogen (secondary N) is 1. The number of carbonyl (C=O) groups is 1. The Morgan fingerprint density at radius 2 is 2.00 bits per heavy atom. The zero-order valence-electron chi connectivity index (χ0n) is 11.9. The molecular weight excluding hydrogens is 309 g/mol. The molecule has 2 rings (SSSR count). The standard InChI is InChI=1S/C16H15ClFNO3/c1-2-22-11-5-3-10(4-6-11)7-16(21)19-14-8-12(17)15(20)9-13(14)18/h3-6,8-9,20H,2,7H2,1H3,(H,19,21). The molecule has 0 aromatic heterocycles. The van der Waals surface area contributed by atoms with Crippen LogP contribution in [0.3, 0.4) is 0 Å². The SMILES string of the molecule is CCOc1ccc(CC(=O)Nc2cc(Cl)c(O)cc2F)cc1. The second-order valence-electron chi connectivity index (χ2n) is 4.59. The van der Waals surface area contributed by atoms with Crippen LogP contribution in [0.15, 0.2) is 36.4 Å². The molecule has 2 N–H and O–H groups in total. The molecule has 0 aliphatic carbocycles. The Morgan fingerprint density at radius 1 is 1.32 bits per heavy atom. The number of aromatic hydroxyl groups is 1. The first-order valence-corrected chi connectivity index (χ1v) is 7.07. The minimum atomic E-state index is -0.748. The topological polar surface area (TPSA) is 58.6 Å². The third-order valence-corrected chi connectivity index (χ3v) is 3.21. The average molecular weight is 324 g/mol. The van der Waals surface area contributed by atoms with Crippen molar-refractivity contribution in [2.24, 2.45) is 0 Å². The summed E-state index contributed by atoms with van der Waals surface area (Å²) in [7, 11) is 0. The Balaban J connectivity index is 2.02. The van der Waals surface area contributed by atoms with Crippen LogP contribution in [0.5, 0.6) is 11.5 Å². The molecule has 0 unspecified atom stereocenters. The Kier molecular flexibility index (Phi) is 5.22. The lowest BCUT2D eigenvalue weighted by atomic mass is 10.1. The van der Waals surface area contributed by atoms with E-state index in [0.29, 0.717) is 6.61 Å². The summed E-state index contributed by atoms with van der Waals surface area (Å²) in [5.41, 5.74) is 0.699. The number of carbonyl (C=O) groups excluding carboxylic acids is 1. The van der Waals surface area contributed by atoms with Gasteiger partial charge in [-0.05, 0) is 30.7 Å². The Hall–Kier alpha value is -2.27. The predicted octanol–water partition coefficient (Wildman–Crippen LogP) is 3.76. The molecule has 0 radical (unpaired) electrons. The second kappa shape index (κ2) is 7.13. The maximum absolute atomic E-state index is 13.6. The number of phenols is 1. The summed E-state index contributed by atoms with van der Waals surface area (Å²) in [5.74, 6) is -0.779. The number of hydrogen-bond donors (Lipinski definition) is 2. The molecule has 116 valence electrons. The summed E-state index contributed by atoms with van der Waals surface area (Å²) >= 11 is 5.69. The molecule has 0 bridgehead atoms. The molecule has 1 amide bonds. The van der Waals surface area contributed by atoms with Gasteiger partial charge < -0.3 is 15.2 Å². The van der Waals surface area contributed by atoms with Crippen LogP contribution in [0, 0.1) is 5.82 Å². The maximum Gasteiger partial charge on any atom is 0.228 e. The molecule has 0 spiro atoms. The Labute approximate surface area is 132 Å². The number of phenolic OH excluding ortho intramolecular Hbond substituents is 1. The van der Waals surface area contributed by atoms with E-state index in [1.807, 2.05) is 6.92 Å². The molecule has 2 aromatic carbocycles. The first-order chi connectivity index (χ1) is 10.5. The van der Waals surface area contributed by atoms with Crippen LogP contribution in [-0.2, 0) is 11.2 Å². The van der Waals surface area contributed by atoms with Crippen LogP contribution in [0.4, 0.5) is 10.1 Å². The largest absolute Gasteiger partial charge is 0.506 e. The molecule has 0 atom stereocenters. The second-order valence-corrected chi connectivity index (χ2v) is 4.99. The third-order valence-electron chi connectivity index (χ3n) is 2.91. The summed E-state index contributed by atoms with van der Waals surface area (Å²) in [6, 6.07) is 9.10. The zero-order valence-corrected chi connectivity index (χ0v) is 12.7. The summed E-state index contributed by atoms with van der Waals surface area (Å²) in [6.07, 6.45) is 0.0876. The van der Waals surface area contributed by atoms with E-state index in [1.165, 1.54) is 6.07 Å². The Bertz CT molecular complexity index is 674. The van der Waals surface area contributed by atoms with Crippen molar-refractivity contribution in [1.29, 1.82) is 0 Å². The molecule has 2 aromatic rings. The number of ether oxygens (including phenoxy) is 1. The van der Waals surface area contributed by atoms with E-state index in [2.05, 4.69) is 5.32 Å². The highest BCUT2D eigenvalue weighted by Gasteiger charge is 2.11. The van der Waals surface area contributed by atoms with Gasteiger partial charge in [-0.25, -0.2) is 4.39 Å². The van der Waals surface area contributed by atoms with Crippen LogP contribution in [0.1, 0.15) is 12.5 Å². The van der Waals surface area contributed by atoms with Gasteiger partial charge in [-0.3, -0.25) is 4.79 Å². The minimum Gasteiger partial charge on any atom is -0.506 e. The predicted molar refractivity (Wildman–Crippen MR) is 83.0 cm³/mol. The number of amides is 1. The average Bonchev–Trinajstić information content (AvgIpc) is 2.47. The fourth-order valence-electron chi connectivity index (χ4n) is 1.88. The highest BCUT2D eigenvalue weighted by atomic mass is 35.5. The number of halogens is 2. The van der Waals surface area contributed by atoms with Gasteiger partial charge in [-0.2, -0.15) is 0 Å². The van der Waals surface area contributed by atoms with Crippen LogP contribution >= 0.6 is 11.6 Å². The molecule has 0 aliphatic rings. The van der Waals surface area contributed by atoms with Gasteiger partial charge in [0.15, 0.2) is 0 Å². The van der Waals surface area contributed by atoms with Gasteiger partial charge in [-0.1, -0.05) is 23.7 Å². The summed E-state index contributed by atoms with van der Waals surface area (Å²) in [5, 5.41) is 11.7. The van der Waals surface area contributed by atoms with E-state index in [9.17, 15) is 14.3 Å². The number of benzene rings is 2. The minimum absolute atomic E-state index is 0.0298. The van der Waals surface area contributed by atoms with E-state index in [-0.39, 0.29) is 28.8 Å². The van der Waals surface area contributed by atoms with Crippen LogP contribution in [0.2, 0.25) is 5.02 Å². The summed E-state index contributed by atoms with van der Waals surface area (Å²) in [6.45, 7) is 2.46. The quantitative estimate of drug-likeness (QED) is 0.824. The van der Waals surface area contributed by atoms with Crippen molar-refractivity contribution in [2.75, 3.05) is 11.9 Å². The zero-order chi connectivity index (χ0) is 16.1. The molecule has 0 aliphatic heterocycles. The van der Waals surface area contributed by atoms with Crippen molar-refractivity contribution >= 4 is 23.2 Å². The van der Waals surface area contributed by atoms with Crippen molar-refractivity contribution in [3.63, 3.8) is 0 Å². The van der Waals surface area contributed by atoms with Crippen molar-refractivity contribution in [3.05, 3.63) is 52.8 Å². The summed E-state index contributed by atoms with van der Waals surface area (Å²) < 4.78 is 18.9. The molecule has 6 heteroatoms. The van der Waals surface area contributed by atoms with E-state index in [0.717, 1.165) is 17.4 Å². The number of hydrogen-bond acceptors (Lipinski definition) is 3. The van der Waals surface area contributed by atoms with Gasteiger partial charge in [-0.15, -0.1) is 0 Å². The van der Waals surface area contributed by atoms with Gasteiger partial charge in [0.1, 0.15) is 17.3 Å². The summed E-state index contributed by atoms with van der Waals surface area (Å²) in [4.78, 5) is 11.9. The third kappa shape index (κ3) is 4.11. The fraction of sp³-hybridized carbons (Fsp3) is 0.188. The van der Waals surface area contributed by atoms with E-state index >= 15 is 0 Å². The van der Waals surface area contributed by atoms with Gasteiger partial charge in [0.05, 0.1) is 23.7 Å². The van der Waals surface area contributed by atoms with Gasteiger partial charge >= 0.3 is 0 Å². The van der Waals surface area contributed by atoms with E-state index in [4.69, 9.17) is 16.3 Å². The normalized spacial score (nSPS) is 10.3. The lowest BCUT2D eigenvalue weighted by molar-refractivity contribution is -0.115. The van der Waals surface area contributed by atoms with Gasteiger partial charge in [0.25, 0.3) is 0 Å². The molecule has 0 saturated heterocycles. The van der Waals surface area contributed by atoms with Crippen molar-refractivity contribution in [3.8, 4) is 11.5 Å². The van der Waals surface area contributed by atoms with Crippen molar-refractivity contribution in [1.82, 2.24) is 0 Å². The van der Waals surface area contributed by atoms with E-state index < -0.39 is 5.82 Å². The molecule has 0 fully saturated rings. The number of anilines is 1.